The predicted octanol–water partition coefficient (Wildman–Crippen LogP) is 4.14. The summed E-state index contributed by atoms with van der Waals surface area (Å²) in [6.07, 6.45) is 8.89. The zero-order chi connectivity index (χ0) is 38.1. The van der Waals surface area contributed by atoms with Crippen LogP contribution in [0.1, 0.15) is 115 Å². The quantitative estimate of drug-likeness (QED) is 0.232. The summed E-state index contributed by atoms with van der Waals surface area (Å²) in [6.45, 7) is 7.94. The van der Waals surface area contributed by atoms with Crippen molar-refractivity contribution in [1.82, 2.24) is 10.6 Å². The van der Waals surface area contributed by atoms with Crippen LogP contribution in [0.25, 0.3) is 0 Å². The summed E-state index contributed by atoms with van der Waals surface area (Å²) in [5.41, 5.74) is -4.10. The number of furan rings is 1. The third-order valence-electron chi connectivity index (χ3n) is 17.4. The molecule has 5 saturated heterocycles. The summed E-state index contributed by atoms with van der Waals surface area (Å²) in [6, 6.07) is 2.43. The number of ketones is 1. The number of rotatable bonds is 7. The summed E-state index contributed by atoms with van der Waals surface area (Å²) >= 11 is 0. The molecule has 9 fully saturated rings. The van der Waals surface area contributed by atoms with Crippen LogP contribution in [0.5, 0.6) is 0 Å². The molecule has 1 aromatic rings. The van der Waals surface area contributed by atoms with E-state index in [-0.39, 0.29) is 49.1 Å². The minimum atomic E-state index is -1.39. The Morgan fingerprint density at radius 1 is 0.964 bits per heavy atom. The first-order chi connectivity index (χ1) is 26.4. The second-order valence-electron chi connectivity index (χ2n) is 19.8. The van der Waals surface area contributed by atoms with E-state index in [4.69, 9.17) is 23.4 Å². The van der Waals surface area contributed by atoms with E-state index in [0.717, 1.165) is 76.6 Å². The van der Waals surface area contributed by atoms with Crippen molar-refractivity contribution in [2.24, 2.45) is 51.8 Å². The third-order valence-corrected chi connectivity index (χ3v) is 17.4. The monoisotopic (exact) mass is 764 g/mol. The lowest BCUT2D eigenvalue weighted by molar-refractivity contribution is -0.275. The molecule has 10 rings (SSSR count). The maximum Gasteiger partial charge on any atom is 0.339 e. The summed E-state index contributed by atoms with van der Waals surface area (Å²) in [7, 11) is 0. The highest BCUT2D eigenvalue weighted by atomic mass is 16.7. The lowest BCUT2D eigenvalue weighted by Gasteiger charge is -2.70. The Bertz CT molecular complexity index is 1710. The fourth-order valence-electron chi connectivity index (χ4n) is 15.2. The fraction of sp³-hybridized carbons (Fsp3) is 0.837. The summed E-state index contributed by atoms with van der Waals surface area (Å²) in [4.78, 5) is 42.4. The van der Waals surface area contributed by atoms with E-state index < -0.39 is 63.8 Å². The average molecular weight is 765 g/mol. The van der Waals surface area contributed by atoms with Gasteiger partial charge in [0, 0.05) is 54.1 Å². The Labute approximate surface area is 323 Å². The number of aliphatic hydroxyl groups excluding tert-OH is 2. The van der Waals surface area contributed by atoms with Gasteiger partial charge in [0.25, 0.3) is 0 Å². The van der Waals surface area contributed by atoms with E-state index in [2.05, 4.69) is 17.6 Å². The van der Waals surface area contributed by atoms with Crippen LogP contribution in [0, 0.1) is 51.8 Å². The van der Waals surface area contributed by atoms with Gasteiger partial charge in [-0.25, -0.2) is 4.79 Å². The molecule has 0 aromatic carbocycles. The number of epoxide rings is 1. The smallest absolute Gasteiger partial charge is 0.339 e. The summed E-state index contributed by atoms with van der Waals surface area (Å²) < 4.78 is 32.3. The standard InChI is InChI=1S/C43H60N2O10/c1-39(2)34-33(48)35(49)42(26-7-5-4-6-8-26)30(41(34)21-52-32(47)18-31(41)54-39)13-15-40(3)36(53-38(50)37-43(40,42)55-37)27-14-16-51-29(27)17-25(20-46)23-9-11-24(12-10-23)28-19-44-22-45-28/h14,16,23-26,28,30-31,34-37,44-46,49H,4-13,15,17-22H2,1-3H3/t23?,24?,25-,28-,30-,31+,34-,35-,36+,37-,40+,41+,42+,43-/m1/s1. The van der Waals surface area contributed by atoms with E-state index in [0.29, 0.717) is 42.9 Å². The Balaban J connectivity index is 1.03. The number of cyclic esters (lactones) is 2. The summed E-state index contributed by atoms with van der Waals surface area (Å²) in [5.74, 6) is -0.422. The van der Waals surface area contributed by atoms with Crippen molar-refractivity contribution >= 4 is 17.7 Å². The third kappa shape index (κ3) is 4.81. The van der Waals surface area contributed by atoms with Crippen molar-refractivity contribution in [2.75, 3.05) is 26.4 Å². The molecule has 0 unspecified atom stereocenters. The van der Waals surface area contributed by atoms with Gasteiger partial charge in [0.2, 0.25) is 0 Å². The van der Waals surface area contributed by atoms with Crippen molar-refractivity contribution < 1.29 is 48.0 Å². The normalized spacial score (nSPS) is 48.1. The first kappa shape index (κ1) is 37.0. The molecule has 5 aliphatic heterocycles. The van der Waals surface area contributed by atoms with E-state index in [1.807, 2.05) is 19.9 Å². The van der Waals surface area contributed by atoms with Crippen LogP contribution in [0.3, 0.4) is 0 Å². The molecule has 6 heterocycles. The van der Waals surface area contributed by atoms with Gasteiger partial charge in [0.05, 0.1) is 30.3 Å². The van der Waals surface area contributed by atoms with Crippen LogP contribution in [-0.4, -0.2) is 89.9 Å². The van der Waals surface area contributed by atoms with Gasteiger partial charge >= 0.3 is 11.9 Å². The van der Waals surface area contributed by atoms with Gasteiger partial charge in [0.15, 0.2) is 11.9 Å². The SMILES string of the molecule is CC1(C)O[C@H]2CC(=O)OC[C@@]23[C@@H]1C(=O)[C@@H](O)[C@]1(C2CCCCC2)[C@@H]3CC[C@@]2(C)[C@H](c3ccoc3C[C@H](CO)C3CCC([C@H]4CNCN4)CC3)OC(=O)[C@H]3O[C@@]312. The Morgan fingerprint density at radius 2 is 1.75 bits per heavy atom. The van der Waals surface area contributed by atoms with Gasteiger partial charge in [-0.15, -0.1) is 0 Å². The van der Waals surface area contributed by atoms with Gasteiger partial charge in [-0.3, -0.25) is 9.59 Å². The molecule has 0 radical (unpaired) electrons. The van der Waals surface area contributed by atoms with Crippen molar-refractivity contribution in [3.8, 4) is 0 Å². The predicted molar refractivity (Wildman–Crippen MR) is 196 cm³/mol. The lowest BCUT2D eigenvalue weighted by atomic mass is 9.33. The van der Waals surface area contributed by atoms with Crippen LogP contribution in [0.4, 0.5) is 0 Å². The molecule has 302 valence electrons. The van der Waals surface area contributed by atoms with Crippen LogP contribution in [-0.2, 0) is 39.8 Å². The molecule has 4 N–H and O–H groups in total. The minimum absolute atomic E-state index is 0.00120. The first-order valence-electron chi connectivity index (χ1n) is 21.5. The van der Waals surface area contributed by atoms with Gasteiger partial charge in [-0.05, 0) is 101 Å². The maximum absolute atomic E-state index is 15.2. The number of hydrogen-bond acceptors (Lipinski definition) is 12. The number of esters is 2. The Morgan fingerprint density at radius 3 is 2.47 bits per heavy atom. The van der Waals surface area contributed by atoms with Crippen molar-refractivity contribution in [3.05, 3.63) is 23.7 Å². The topological polar surface area (TPSA) is 169 Å². The van der Waals surface area contributed by atoms with Crippen LogP contribution >= 0.6 is 0 Å². The molecule has 0 bridgehead atoms. The second kappa shape index (κ2) is 12.8. The number of hydrogen-bond donors (Lipinski definition) is 4. The van der Waals surface area contributed by atoms with E-state index >= 15 is 4.79 Å². The van der Waals surface area contributed by atoms with Crippen molar-refractivity contribution in [3.63, 3.8) is 0 Å². The molecule has 12 nitrogen and oxygen atoms in total. The fourth-order valence-corrected chi connectivity index (χ4v) is 15.2. The van der Waals surface area contributed by atoms with Crippen molar-refractivity contribution in [1.29, 1.82) is 0 Å². The van der Waals surface area contributed by atoms with E-state index in [1.54, 1.807) is 6.26 Å². The van der Waals surface area contributed by atoms with Crippen LogP contribution in [0.2, 0.25) is 0 Å². The average Bonchev–Trinajstić information content (AvgIpc) is 3.44. The first-order valence-corrected chi connectivity index (χ1v) is 21.5. The molecule has 12 heteroatoms. The van der Waals surface area contributed by atoms with Gasteiger partial charge in [0.1, 0.15) is 30.2 Å². The second-order valence-corrected chi connectivity index (χ2v) is 19.8. The number of aliphatic hydroxyl groups is 2. The van der Waals surface area contributed by atoms with Crippen LogP contribution < -0.4 is 10.6 Å². The lowest BCUT2D eigenvalue weighted by Crippen LogP contribution is -2.79. The highest BCUT2D eigenvalue weighted by Crippen LogP contribution is 2.82. The molecule has 1 aromatic heterocycles. The molecule has 0 amide bonds. The Kier molecular flexibility index (Phi) is 8.62. The molecular weight excluding hydrogens is 704 g/mol. The van der Waals surface area contributed by atoms with Gasteiger partial charge in [-0.2, -0.15) is 0 Å². The zero-order valence-corrected chi connectivity index (χ0v) is 32.7. The zero-order valence-electron chi connectivity index (χ0n) is 32.7. The number of fused-ring (bicyclic) bond motifs is 1. The highest BCUT2D eigenvalue weighted by molar-refractivity contribution is 5.92. The van der Waals surface area contributed by atoms with E-state index in [9.17, 15) is 19.8 Å². The number of carbonyl (C=O) groups excluding carboxylic acids is 3. The van der Waals surface area contributed by atoms with Crippen molar-refractivity contribution in [2.45, 2.75) is 146 Å². The molecule has 12 atom stereocenters. The van der Waals surface area contributed by atoms with Gasteiger partial charge < -0.3 is 44.2 Å². The number of carbonyl (C=O) groups is 3. The molecule has 9 aliphatic rings. The maximum atomic E-state index is 15.2. The van der Waals surface area contributed by atoms with Crippen LogP contribution in [0.15, 0.2) is 16.7 Å². The number of nitrogens with one attached hydrogen (secondary N) is 2. The van der Waals surface area contributed by atoms with Gasteiger partial charge in [-0.1, -0.05) is 26.2 Å². The largest absolute Gasteiger partial charge is 0.469 e. The molecule has 4 aliphatic carbocycles. The highest BCUT2D eigenvalue weighted by Gasteiger charge is 2.92. The molecular formula is C43H60N2O10. The molecule has 55 heavy (non-hydrogen) atoms. The molecule has 2 spiro atoms. The summed E-state index contributed by atoms with van der Waals surface area (Å²) in [5, 5.41) is 30.8. The number of ether oxygens (including phenoxy) is 4. The Hall–Kier alpha value is -2.35. The minimum Gasteiger partial charge on any atom is -0.469 e. The molecule has 4 saturated carbocycles. The number of Topliss-reactive ketones (excluding diaryl/α,β-unsaturated/α-hetero) is 1. The van der Waals surface area contributed by atoms with E-state index in [1.165, 1.54) is 0 Å².